The summed E-state index contributed by atoms with van der Waals surface area (Å²) in [7, 11) is 1.63. The van der Waals surface area contributed by atoms with Gasteiger partial charge in [0.15, 0.2) is 0 Å². The van der Waals surface area contributed by atoms with Crippen LogP contribution in [0.2, 0.25) is 0 Å². The number of aromatic nitrogens is 1. The predicted octanol–water partition coefficient (Wildman–Crippen LogP) is 4.52. The predicted molar refractivity (Wildman–Crippen MR) is 91.6 cm³/mol. The molecule has 0 saturated heterocycles. The van der Waals surface area contributed by atoms with Gasteiger partial charge >= 0.3 is 0 Å². The van der Waals surface area contributed by atoms with E-state index in [4.69, 9.17) is 9.15 Å². The van der Waals surface area contributed by atoms with Gasteiger partial charge in [-0.2, -0.15) is 0 Å². The lowest BCUT2D eigenvalue weighted by atomic mass is 10.2. The lowest BCUT2D eigenvalue weighted by Gasteiger charge is -2.21. The van der Waals surface area contributed by atoms with Crippen LogP contribution in [-0.2, 0) is 6.54 Å². The quantitative estimate of drug-likeness (QED) is 0.668. The van der Waals surface area contributed by atoms with E-state index in [2.05, 4.69) is 4.98 Å². The number of ether oxygens (including phenoxy) is 1. The molecule has 0 unspecified atom stereocenters. The van der Waals surface area contributed by atoms with Gasteiger partial charge in [-0.3, -0.25) is 0 Å². The number of methoxy groups -OCH3 is 1. The first-order valence-electron chi connectivity index (χ1n) is 7.79. The maximum Gasteiger partial charge on any atom is 0.226 e. The van der Waals surface area contributed by atoms with Crippen molar-refractivity contribution in [3.8, 4) is 17.2 Å². The molecule has 3 rings (SSSR count). The summed E-state index contributed by atoms with van der Waals surface area (Å²) in [5.74, 6) is 1.10. The summed E-state index contributed by atoms with van der Waals surface area (Å²) < 4.78 is 24.1. The molecule has 1 aromatic heterocycles. The summed E-state index contributed by atoms with van der Waals surface area (Å²) in [6, 6.07) is 14.1. The number of hydrogen-bond acceptors (Lipinski definition) is 4. The summed E-state index contributed by atoms with van der Waals surface area (Å²) in [5, 5.41) is 0. The molecule has 2 aromatic carbocycles. The molecule has 0 bridgehead atoms. The van der Waals surface area contributed by atoms with Crippen molar-refractivity contribution in [3.05, 3.63) is 66.3 Å². The maximum atomic E-state index is 13.4. The minimum atomic E-state index is -0.245. The van der Waals surface area contributed by atoms with Gasteiger partial charge in [0.1, 0.15) is 17.8 Å². The maximum absolute atomic E-state index is 13.4. The Hall–Kier alpha value is -2.82. The SMILES string of the molecule is CCN(Cc1coc(-c2ccc(OC)cc2)n1)c1cccc(F)c1. The highest BCUT2D eigenvalue weighted by atomic mass is 19.1. The fraction of sp³-hybridized carbons (Fsp3) is 0.211. The smallest absolute Gasteiger partial charge is 0.226 e. The summed E-state index contributed by atoms with van der Waals surface area (Å²) in [4.78, 5) is 6.57. The molecule has 24 heavy (non-hydrogen) atoms. The van der Waals surface area contributed by atoms with Crippen molar-refractivity contribution in [2.24, 2.45) is 0 Å². The second-order valence-electron chi connectivity index (χ2n) is 5.37. The lowest BCUT2D eigenvalue weighted by molar-refractivity contribution is 0.415. The van der Waals surface area contributed by atoms with Crippen molar-refractivity contribution < 1.29 is 13.5 Å². The Labute approximate surface area is 140 Å². The highest BCUT2D eigenvalue weighted by Gasteiger charge is 2.11. The van der Waals surface area contributed by atoms with Crippen LogP contribution in [0.15, 0.2) is 59.2 Å². The molecule has 0 atom stereocenters. The summed E-state index contributed by atoms with van der Waals surface area (Å²) in [5.41, 5.74) is 2.51. The minimum absolute atomic E-state index is 0.245. The first-order chi connectivity index (χ1) is 11.7. The number of anilines is 1. The molecule has 5 heteroatoms. The molecule has 0 amide bonds. The topological polar surface area (TPSA) is 38.5 Å². The fourth-order valence-corrected chi connectivity index (χ4v) is 2.50. The zero-order valence-electron chi connectivity index (χ0n) is 13.7. The van der Waals surface area contributed by atoms with Crippen LogP contribution in [0.1, 0.15) is 12.6 Å². The molecule has 0 radical (unpaired) electrons. The van der Waals surface area contributed by atoms with Gasteiger partial charge in [0.2, 0.25) is 5.89 Å². The van der Waals surface area contributed by atoms with Crippen LogP contribution in [-0.4, -0.2) is 18.6 Å². The van der Waals surface area contributed by atoms with E-state index in [0.29, 0.717) is 12.4 Å². The first kappa shape index (κ1) is 16.1. The van der Waals surface area contributed by atoms with Gasteiger partial charge in [0.05, 0.1) is 19.3 Å². The van der Waals surface area contributed by atoms with E-state index < -0.39 is 0 Å². The van der Waals surface area contributed by atoms with Crippen molar-refractivity contribution in [1.29, 1.82) is 0 Å². The van der Waals surface area contributed by atoms with Crippen LogP contribution in [0.3, 0.4) is 0 Å². The molecule has 124 valence electrons. The summed E-state index contributed by atoms with van der Waals surface area (Å²) in [6.45, 7) is 3.32. The molecular formula is C19H19FN2O2. The molecule has 0 saturated carbocycles. The van der Waals surface area contributed by atoms with Crippen molar-refractivity contribution >= 4 is 5.69 Å². The monoisotopic (exact) mass is 326 g/mol. The third-order valence-corrected chi connectivity index (χ3v) is 3.80. The van der Waals surface area contributed by atoms with Crippen LogP contribution in [0.5, 0.6) is 5.75 Å². The molecule has 0 N–H and O–H groups in total. The summed E-state index contributed by atoms with van der Waals surface area (Å²) >= 11 is 0. The van der Waals surface area contributed by atoms with Gasteiger partial charge < -0.3 is 14.1 Å². The van der Waals surface area contributed by atoms with Gasteiger partial charge in [-0.05, 0) is 49.4 Å². The van der Waals surface area contributed by atoms with E-state index in [-0.39, 0.29) is 5.82 Å². The minimum Gasteiger partial charge on any atom is -0.497 e. The number of benzene rings is 2. The highest BCUT2D eigenvalue weighted by Crippen LogP contribution is 2.23. The molecule has 0 spiro atoms. The number of halogens is 1. The van der Waals surface area contributed by atoms with Crippen LogP contribution < -0.4 is 9.64 Å². The molecule has 1 heterocycles. The zero-order chi connectivity index (χ0) is 16.9. The van der Waals surface area contributed by atoms with Crippen LogP contribution in [0.4, 0.5) is 10.1 Å². The standard InChI is InChI=1S/C19H19FN2O2/c1-3-22(17-6-4-5-15(20)11-17)12-16-13-24-19(21-16)14-7-9-18(23-2)10-8-14/h4-11,13H,3,12H2,1-2H3. The lowest BCUT2D eigenvalue weighted by Crippen LogP contribution is -2.22. The molecule has 0 fully saturated rings. The van der Waals surface area contributed by atoms with Crippen LogP contribution in [0, 0.1) is 5.82 Å². The first-order valence-corrected chi connectivity index (χ1v) is 7.79. The van der Waals surface area contributed by atoms with Crippen LogP contribution in [0.25, 0.3) is 11.5 Å². The molecule has 3 aromatic rings. The van der Waals surface area contributed by atoms with E-state index in [9.17, 15) is 4.39 Å². The molecule has 0 aliphatic rings. The normalized spacial score (nSPS) is 10.6. The second-order valence-corrected chi connectivity index (χ2v) is 5.37. The zero-order valence-corrected chi connectivity index (χ0v) is 13.7. The van der Waals surface area contributed by atoms with Crippen molar-refractivity contribution in [2.75, 3.05) is 18.6 Å². The fourth-order valence-electron chi connectivity index (χ4n) is 2.50. The van der Waals surface area contributed by atoms with Gasteiger partial charge in [0.25, 0.3) is 0 Å². The van der Waals surface area contributed by atoms with Crippen molar-refractivity contribution in [3.63, 3.8) is 0 Å². The van der Waals surface area contributed by atoms with Crippen molar-refractivity contribution in [1.82, 2.24) is 4.98 Å². The molecule has 4 nitrogen and oxygen atoms in total. The van der Waals surface area contributed by atoms with Gasteiger partial charge in [-0.1, -0.05) is 6.07 Å². The van der Waals surface area contributed by atoms with Crippen molar-refractivity contribution in [2.45, 2.75) is 13.5 Å². The van der Waals surface area contributed by atoms with Gasteiger partial charge in [-0.15, -0.1) is 0 Å². The number of hydrogen-bond donors (Lipinski definition) is 0. The van der Waals surface area contributed by atoms with Gasteiger partial charge in [0, 0.05) is 17.8 Å². The van der Waals surface area contributed by atoms with E-state index in [1.165, 1.54) is 12.1 Å². The number of rotatable bonds is 6. The largest absolute Gasteiger partial charge is 0.497 e. The molecule has 0 aliphatic carbocycles. The third kappa shape index (κ3) is 3.56. The molecular weight excluding hydrogens is 307 g/mol. The number of oxazole rings is 1. The molecule has 0 aliphatic heterocycles. The Morgan fingerprint density at radius 3 is 2.62 bits per heavy atom. The Balaban J connectivity index is 1.77. The average Bonchev–Trinajstić information content (AvgIpc) is 3.08. The average molecular weight is 326 g/mol. The second kappa shape index (κ2) is 7.17. The Bertz CT molecular complexity index is 799. The van der Waals surface area contributed by atoms with Gasteiger partial charge in [-0.25, -0.2) is 9.37 Å². The van der Waals surface area contributed by atoms with E-state index in [0.717, 1.165) is 29.2 Å². The highest BCUT2D eigenvalue weighted by molar-refractivity contribution is 5.55. The summed E-state index contributed by atoms with van der Waals surface area (Å²) in [6.07, 6.45) is 1.64. The Morgan fingerprint density at radius 1 is 1.17 bits per heavy atom. The Morgan fingerprint density at radius 2 is 1.96 bits per heavy atom. The third-order valence-electron chi connectivity index (χ3n) is 3.80. The Kier molecular flexibility index (Phi) is 4.79. The van der Waals surface area contributed by atoms with E-state index in [1.54, 1.807) is 19.4 Å². The van der Waals surface area contributed by atoms with E-state index in [1.807, 2.05) is 42.2 Å². The van der Waals surface area contributed by atoms with Crippen LogP contribution >= 0.6 is 0 Å². The number of nitrogens with zero attached hydrogens (tertiary/aromatic N) is 2. The van der Waals surface area contributed by atoms with E-state index >= 15 is 0 Å².